The molecule has 15 heavy (non-hydrogen) atoms. The number of carbonyl (C=O) groups is 1. The molecule has 1 fully saturated rings. The van der Waals surface area contributed by atoms with Gasteiger partial charge in [-0.2, -0.15) is 0 Å². The minimum atomic E-state index is -1.20. The average Bonchev–Trinajstić information content (AvgIpc) is 2.66. The zero-order chi connectivity index (χ0) is 11.2. The minimum absolute atomic E-state index is 0.335. The molecule has 2 rings (SSSR count). The fraction of sp³-hybridized carbons (Fsp3) is 0.727. The third-order valence-electron chi connectivity index (χ3n) is 3.29. The van der Waals surface area contributed by atoms with Crippen molar-refractivity contribution in [1.82, 2.24) is 4.90 Å². The molecule has 0 aromatic rings. The van der Waals surface area contributed by atoms with Crippen LogP contribution in [0.1, 0.15) is 12.8 Å². The minimum Gasteiger partial charge on any atom is -0.332 e. The molecule has 0 spiro atoms. The highest BCUT2D eigenvalue weighted by Crippen LogP contribution is 2.36. The van der Waals surface area contributed by atoms with Crippen molar-refractivity contribution in [3.05, 3.63) is 11.6 Å². The number of fused-ring (bicyclic) bond motifs is 1. The number of rotatable bonds is 2. The van der Waals surface area contributed by atoms with Crippen molar-refractivity contribution >= 4 is 29.9 Å². The maximum atomic E-state index is 11.6. The van der Waals surface area contributed by atoms with Gasteiger partial charge in [-0.15, -0.1) is 0 Å². The van der Waals surface area contributed by atoms with E-state index < -0.39 is 8.07 Å². The third kappa shape index (κ3) is 1.94. The van der Waals surface area contributed by atoms with Gasteiger partial charge in [0.1, 0.15) is 0 Å². The molecule has 0 aromatic heterocycles. The molecular formula is C11H18BrNOSi. The van der Waals surface area contributed by atoms with Crippen LogP contribution in [0.3, 0.4) is 0 Å². The summed E-state index contributed by atoms with van der Waals surface area (Å²) in [5, 5.41) is 0. The predicted molar refractivity (Wildman–Crippen MR) is 68.9 cm³/mol. The maximum absolute atomic E-state index is 11.6. The molecule has 0 radical (unpaired) electrons. The van der Waals surface area contributed by atoms with E-state index in [4.69, 9.17) is 0 Å². The highest BCUT2D eigenvalue weighted by Gasteiger charge is 2.41. The average molecular weight is 288 g/mol. The van der Waals surface area contributed by atoms with Crippen molar-refractivity contribution in [3.8, 4) is 0 Å². The summed E-state index contributed by atoms with van der Waals surface area (Å²) in [7, 11) is -1.20. The number of amides is 1. The lowest BCUT2D eigenvalue weighted by Crippen LogP contribution is -2.39. The lowest BCUT2D eigenvalue weighted by Gasteiger charge is -2.29. The van der Waals surface area contributed by atoms with E-state index >= 15 is 0 Å². The number of nitrogens with zero attached hydrogens (tertiary/aromatic N) is 1. The van der Waals surface area contributed by atoms with Gasteiger partial charge in [-0.1, -0.05) is 41.6 Å². The Labute approximate surface area is 101 Å². The number of hydrogen-bond acceptors (Lipinski definition) is 1. The lowest BCUT2D eigenvalue weighted by atomic mass is 10.1. The topological polar surface area (TPSA) is 20.3 Å². The van der Waals surface area contributed by atoms with Crippen LogP contribution < -0.4 is 0 Å². The second-order valence-corrected chi connectivity index (χ2v) is 12.6. The van der Waals surface area contributed by atoms with Gasteiger partial charge in [-0.3, -0.25) is 4.79 Å². The molecule has 0 aliphatic carbocycles. The fourth-order valence-electron chi connectivity index (χ4n) is 2.42. The number of halogens is 1. The number of carbonyl (C=O) groups excluding carboxylic acids is 1. The molecule has 2 atom stereocenters. The van der Waals surface area contributed by atoms with Crippen LogP contribution in [-0.4, -0.2) is 35.9 Å². The standard InChI is InChI=1S/C11H18BrNOSi/c1-15(2,3)11(12)8-6-7-13-9(8)4-5-10(13)14/h6,9,11H,4-5,7H2,1-3H3. The molecular weight excluding hydrogens is 270 g/mol. The van der Waals surface area contributed by atoms with Gasteiger partial charge in [0.05, 0.1) is 14.1 Å². The van der Waals surface area contributed by atoms with Crippen LogP contribution in [0.15, 0.2) is 11.6 Å². The zero-order valence-electron chi connectivity index (χ0n) is 9.59. The first kappa shape index (κ1) is 11.4. The van der Waals surface area contributed by atoms with Gasteiger partial charge in [0.25, 0.3) is 0 Å². The van der Waals surface area contributed by atoms with Crippen LogP contribution in [0.5, 0.6) is 0 Å². The van der Waals surface area contributed by atoms with Gasteiger partial charge < -0.3 is 4.90 Å². The maximum Gasteiger partial charge on any atom is 0.223 e. The van der Waals surface area contributed by atoms with Crippen molar-refractivity contribution in [2.45, 2.75) is 43.0 Å². The molecule has 2 heterocycles. The molecule has 2 nitrogen and oxygen atoms in total. The zero-order valence-corrected chi connectivity index (χ0v) is 12.2. The molecule has 2 unspecified atom stereocenters. The summed E-state index contributed by atoms with van der Waals surface area (Å²) in [4.78, 5) is 13.6. The van der Waals surface area contributed by atoms with Crippen molar-refractivity contribution in [2.24, 2.45) is 0 Å². The smallest absolute Gasteiger partial charge is 0.223 e. The second kappa shape index (κ2) is 3.73. The summed E-state index contributed by atoms with van der Waals surface area (Å²) in [5.41, 5.74) is 1.47. The van der Waals surface area contributed by atoms with E-state index in [0.717, 1.165) is 19.4 Å². The highest BCUT2D eigenvalue weighted by molar-refractivity contribution is 9.10. The molecule has 2 aliphatic rings. The van der Waals surface area contributed by atoms with E-state index in [9.17, 15) is 4.79 Å². The van der Waals surface area contributed by atoms with Gasteiger partial charge >= 0.3 is 0 Å². The van der Waals surface area contributed by atoms with Crippen molar-refractivity contribution in [2.75, 3.05) is 6.54 Å². The Hall–Kier alpha value is -0.0931. The Morgan fingerprint density at radius 2 is 2.20 bits per heavy atom. The Balaban J connectivity index is 2.16. The van der Waals surface area contributed by atoms with E-state index in [2.05, 4.69) is 41.6 Å². The van der Waals surface area contributed by atoms with Crippen LogP contribution in [0.25, 0.3) is 0 Å². The van der Waals surface area contributed by atoms with E-state index in [-0.39, 0.29) is 0 Å². The molecule has 0 N–H and O–H groups in total. The largest absolute Gasteiger partial charge is 0.332 e. The van der Waals surface area contributed by atoms with Crippen molar-refractivity contribution in [1.29, 1.82) is 0 Å². The molecule has 84 valence electrons. The Bertz CT molecular complexity index is 321. The second-order valence-electron chi connectivity index (χ2n) is 5.53. The first-order valence-electron chi connectivity index (χ1n) is 5.55. The van der Waals surface area contributed by atoms with E-state index in [0.29, 0.717) is 16.4 Å². The summed E-state index contributed by atoms with van der Waals surface area (Å²) < 4.78 is 0.519. The van der Waals surface area contributed by atoms with E-state index in [1.807, 2.05) is 4.90 Å². The van der Waals surface area contributed by atoms with Crippen LogP contribution in [-0.2, 0) is 4.79 Å². The van der Waals surface area contributed by atoms with Crippen LogP contribution in [0.2, 0.25) is 19.6 Å². The van der Waals surface area contributed by atoms with Crippen LogP contribution >= 0.6 is 15.9 Å². The highest BCUT2D eigenvalue weighted by atomic mass is 79.9. The van der Waals surface area contributed by atoms with E-state index in [1.54, 1.807) is 0 Å². The first-order chi connectivity index (χ1) is 6.91. The molecule has 0 bridgehead atoms. The van der Waals surface area contributed by atoms with Gasteiger partial charge in [-0.05, 0) is 12.0 Å². The van der Waals surface area contributed by atoms with Gasteiger partial charge in [0, 0.05) is 17.4 Å². The summed E-state index contributed by atoms with van der Waals surface area (Å²) in [5.74, 6) is 0.335. The Morgan fingerprint density at radius 1 is 1.53 bits per heavy atom. The first-order valence-corrected chi connectivity index (χ1v) is 10.0. The van der Waals surface area contributed by atoms with Gasteiger partial charge in [0.15, 0.2) is 0 Å². The van der Waals surface area contributed by atoms with Crippen LogP contribution in [0.4, 0.5) is 0 Å². The predicted octanol–water partition coefficient (Wildman–Crippen LogP) is 2.56. The molecule has 0 saturated carbocycles. The summed E-state index contributed by atoms with van der Waals surface area (Å²) in [6, 6.07) is 0.411. The summed E-state index contributed by atoms with van der Waals surface area (Å²) >= 11 is 3.84. The normalized spacial score (nSPS) is 28.0. The Kier molecular flexibility index (Phi) is 2.84. The molecule has 4 heteroatoms. The molecule has 1 saturated heterocycles. The molecule has 0 aromatic carbocycles. The number of hydrogen-bond donors (Lipinski definition) is 0. The quantitative estimate of drug-likeness (QED) is 0.434. The Morgan fingerprint density at radius 3 is 2.80 bits per heavy atom. The molecule has 2 aliphatic heterocycles. The van der Waals surface area contributed by atoms with Gasteiger partial charge in [-0.25, -0.2) is 0 Å². The van der Waals surface area contributed by atoms with Gasteiger partial charge in [0.2, 0.25) is 5.91 Å². The fourth-order valence-corrected chi connectivity index (χ4v) is 4.22. The summed E-state index contributed by atoms with van der Waals surface area (Å²) in [6.45, 7) is 7.94. The monoisotopic (exact) mass is 287 g/mol. The summed E-state index contributed by atoms with van der Waals surface area (Å²) in [6.07, 6.45) is 4.03. The number of alkyl halides is 1. The van der Waals surface area contributed by atoms with Crippen LogP contribution in [0, 0.1) is 0 Å². The lowest BCUT2D eigenvalue weighted by molar-refractivity contribution is -0.127. The SMILES string of the molecule is C[Si](C)(C)C(Br)C1=CCN2C(=O)CCC12. The van der Waals surface area contributed by atoms with E-state index in [1.165, 1.54) is 5.57 Å². The molecule has 1 amide bonds. The van der Waals surface area contributed by atoms with Crippen molar-refractivity contribution < 1.29 is 4.79 Å². The third-order valence-corrected chi connectivity index (χ3v) is 9.79. The van der Waals surface area contributed by atoms with Crippen molar-refractivity contribution in [3.63, 3.8) is 0 Å².